The monoisotopic (exact) mass is 246 g/mol. The summed E-state index contributed by atoms with van der Waals surface area (Å²) < 4.78 is 0. The third-order valence-electron chi connectivity index (χ3n) is 4.27. The largest absolute Gasteiger partial charge is 0.310 e. The molecule has 1 N–H and O–H groups in total. The molecular formula is C16H26N2. The standard InChI is InChI=1S/C16H26N2/c1-13(2)15-6-3-7-16(9-8-15)18-12-14-5-4-10-17-11-14/h4-5,10-11,13,15-16,18H,3,6-9,12H2,1-2H3. The van der Waals surface area contributed by atoms with Crippen LogP contribution in [0.2, 0.25) is 0 Å². The number of aromatic nitrogens is 1. The van der Waals surface area contributed by atoms with Gasteiger partial charge in [-0.05, 0) is 42.7 Å². The van der Waals surface area contributed by atoms with Crippen LogP contribution in [0.25, 0.3) is 0 Å². The molecule has 2 rings (SSSR count). The Labute approximate surface area is 111 Å². The van der Waals surface area contributed by atoms with E-state index in [1.807, 2.05) is 18.5 Å². The number of hydrogen-bond donors (Lipinski definition) is 1. The van der Waals surface area contributed by atoms with Gasteiger partial charge in [0.2, 0.25) is 0 Å². The molecule has 2 unspecified atom stereocenters. The summed E-state index contributed by atoms with van der Waals surface area (Å²) in [6.45, 7) is 5.70. The van der Waals surface area contributed by atoms with E-state index >= 15 is 0 Å². The maximum Gasteiger partial charge on any atom is 0.0312 e. The molecule has 2 nitrogen and oxygen atoms in total. The lowest BCUT2D eigenvalue weighted by atomic mass is 9.89. The molecule has 0 saturated heterocycles. The highest BCUT2D eigenvalue weighted by Crippen LogP contribution is 2.28. The Morgan fingerprint density at radius 2 is 2.17 bits per heavy atom. The van der Waals surface area contributed by atoms with Crippen LogP contribution in [0.1, 0.15) is 51.5 Å². The van der Waals surface area contributed by atoms with Crippen LogP contribution in [0.3, 0.4) is 0 Å². The third kappa shape index (κ3) is 4.09. The van der Waals surface area contributed by atoms with Crippen LogP contribution in [0.15, 0.2) is 24.5 Å². The molecule has 2 atom stereocenters. The average Bonchev–Trinajstić information content (AvgIpc) is 2.63. The molecule has 1 aromatic heterocycles. The number of nitrogens with one attached hydrogen (secondary N) is 1. The molecule has 1 heterocycles. The Bertz CT molecular complexity index is 334. The van der Waals surface area contributed by atoms with Gasteiger partial charge < -0.3 is 5.32 Å². The average molecular weight is 246 g/mol. The van der Waals surface area contributed by atoms with Gasteiger partial charge in [-0.15, -0.1) is 0 Å². The van der Waals surface area contributed by atoms with Crippen LogP contribution in [-0.4, -0.2) is 11.0 Å². The van der Waals surface area contributed by atoms with Gasteiger partial charge in [-0.2, -0.15) is 0 Å². The Hall–Kier alpha value is -0.890. The number of hydrogen-bond acceptors (Lipinski definition) is 2. The van der Waals surface area contributed by atoms with Crippen LogP contribution in [0, 0.1) is 11.8 Å². The van der Waals surface area contributed by atoms with Crippen molar-refractivity contribution in [2.24, 2.45) is 11.8 Å². The zero-order chi connectivity index (χ0) is 12.8. The SMILES string of the molecule is CC(C)C1CCCC(NCc2cccnc2)CC1. The lowest BCUT2D eigenvalue weighted by Gasteiger charge is -2.19. The fourth-order valence-electron chi connectivity index (χ4n) is 2.97. The smallest absolute Gasteiger partial charge is 0.0312 e. The summed E-state index contributed by atoms with van der Waals surface area (Å²) in [7, 11) is 0. The van der Waals surface area contributed by atoms with E-state index in [2.05, 4.69) is 30.2 Å². The first-order chi connectivity index (χ1) is 8.75. The van der Waals surface area contributed by atoms with Gasteiger partial charge in [-0.3, -0.25) is 4.98 Å². The van der Waals surface area contributed by atoms with Gasteiger partial charge in [0, 0.05) is 25.0 Å². The molecule has 0 bridgehead atoms. The minimum Gasteiger partial charge on any atom is -0.310 e. The highest BCUT2D eigenvalue weighted by molar-refractivity contribution is 5.08. The lowest BCUT2D eigenvalue weighted by molar-refractivity contribution is 0.337. The van der Waals surface area contributed by atoms with Gasteiger partial charge in [0.1, 0.15) is 0 Å². The van der Waals surface area contributed by atoms with Crippen molar-refractivity contribution in [1.82, 2.24) is 10.3 Å². The molecule has 18 heavy (non-hydrogen) atoms. The predicted octanol–water partition coefficient (Wildman–Crippen LogP) is 3.78. The fraction of sp³-hybridized carbons (Fsp3) is 0.688. The summed E-state index contributed by atoms with van der Waals surface area (Å²) in [5.41, 5.74) is 1.29. The summed E-state index contributed by atoms with van der Waals surface area (Å²) in [6.07, 6.45) is 10.7. The van der Waals surface area contributed by atoms with E-state index in [-0.39, 0.29) is 0 Å². The molecule has 1 aromatic rings. The molecule has 0 aromatic carbocycles. The van der Waals surface area contributed by atoms with E-state index in [0.717, 1.165) is 18.4 Å². The van der Waals surface area contributed by atoms with Crippen molar-refractivity contribution in [3.8, 4) is 0 Å². The molecule has 1 saturated carbocycles. The first-order valence-corrected chi connectivity index (χ1v) is 7.38. The second-order valence-electron chi connectivity index (χ2n) is 5.95. The minimum atomic E-state index is 0.703. The second-order valence-corrected chi connectivity index (χ2v) is 5.95. The molecule has 0 radical (unpaired) electrons. The molecule has 0 spiro atoms. The molecule has 1 fully saturated rings. The van der Waals surface area contributed by atoms with Crippen LogP contribution < -0.4 is 5.32 Å². The zero-order valence-corrected chi connectivity index (χ0v) is 11.7. The van der Waals surface area contributed by atoms with Crippen molar-refractivity contribution in [1.29, 1.82) is 0 Å². The van der Waals surface area contributed by atoms with Gasteiger partial charge in [-0.25, -0.2) is 0 Å². The van der Waals surface area contributed by atoms with Gasteiger partial charge in [0.15, 0.2) is 0 Å². The Balaban J connectivity index is 1.77. The number of rotatable bonds is 4. The normalized spacial score (nSPS) is 25.1. The quantitative estimate of drug-likeness (QED) is 0.818. The lowest BCUT2D eigenvalue weighted by Crippen LogP contribution is -2.28. The van der Waals surface area contributed by atoms with E-state index in [0.29, 0.717) is 6.04 Å². The molecule has 1 aliphatic carbocycles. The van der Waals surface area contributed by atoms with Crippen LogP contribution in [-0.2, 0) is 6.54 Å². The van der Waals surface area contributed by atoms with Crippen molar-refractivity contribution in [3.63, 3.8) is 0 Å². The number of nitrogens with zero attached hydrogens (tertiary/aromatic N) is 1. The maximum absolute atomic E-state index is 4.16. The predicted molar refractivity (Wildman–Crippen MR) is 76.3 cm³/mol. The topological polar surface area (TPSA) is 24.9 Å². The number of pyridine rings is 1. The van der Waals surface area contributed by atoms with E-state index in [4.69, 9.17) is 0 Å². The second kappa shape index (κ2) is 6.89. The summed E-state index contributed by atoms with van der Waals surface area (Å²) >= 11 is 0. The summed E-state index contributed by atoms with van der Waals surface area (Å²) in [5, 5.41) is 3.70. The molecule has 0 amide bonds. The zero-order valence-electron chi connectivity index (χ0n) is 11.7. The Morgan fingerprint density at radius 1 is 1.28 bits per heavy atom. The van der Waals surface area contributed by atoms with E-state index < -0.39 is 0 Å². The van der Waals surface area contributed by atoms with Crippen molar-refractivity contribution < 1.29 is 0 Å². The Kier molecular flexibility index (Phi) is 5.18. The van der Waals surface area contributed by atoms with Gasteiger partial charge in [-0.1, -0.05) is 32.8 Å². The van der Waals surface area contributed by atoms with E-state index in [1.165, 1.54) is 37.7 Å². The van der Waals surface area contributed by atoms with Gasteiger partial charge in [0.05, 0.1) is 0 Å². The molecule has 2 heteroatoms. The summed E-state index contributed by atoms with van der Waals surface area (Å²) in [6, 6.07) is 4.86. The van der Waals surface area contributed by atoms with E-state index in [1.54, 1.807) is 0 Å². The summed E-state index contributed by atoms with van der Waals surface area (Å²) in [5.74, 6) is 1.79. The van der Waals surface area contributed by atoms with Crippen molar-refractivity contribution in [2.75, 3.05) is 0 Å². The maximum atomic E-state index is 4.16. The van der Waals surface area contributed by atoms with Crippen molar-refractivity contribution in [2.45, 2.75) is 58.5 Å². The third-order valence-corrected chi connectivity index (χ3v) is 4.27. The van der Waals surface area contributed by atoms with Crippen molar-refractivity contribution >= 4 is 0 Å². The molecule has 0 aliphatic heterocycles. The Morgan fingerprint density at radius 3 is 2.89 bits per heavy atom. The molecule has 1 aliphatic rings. The van der Waals surface area contributed by atoms with Crippen LogP contribution >= 0.6 is 0 Å². The van der Waals surface area contributed by atoms with Crippen LogP contribution in [0.4, 0.5) is 0 Å². The molecular weight excluding hydrogens is 220 g/mol. The van der Waals surface area contributed by atoms with Gasteiger partial charge >= 0.3 is 0 Å². The highest BCUT2D eigenvalue weighted by Gasteiger charge is 2.20. The van der Waals surface area contributed by atoms with Crippen LogP contribution in [0.5, 0.6) is 0 Å². The first kappa shape index (κ1) is 13.5. The summed E-state index contributed by atoms with van der Waals surface area (Å²) in [4.78, 5) is 4.16. The minimum absolute atomic E-state index is 0.703. The van der Waals surface area contributed by atoms with E-state index in [9.17, 15) is 0 Å². The van der Waals surface area contributed by atoms with Crippen molar-refractivity contribution in [3.05, 3.63) is 30.1 Å². The fourth-order valence-corrected chi connectivity index (χ4v) is 2.97. The van der Waals surface area contributed by atoms with Gasteiger partial charge in [0.25, 0.3) is 0 Å². The highest BCUT2D eigenvalue weighted by atomic mass is 14.9. The first-order valence-electron chi connectivity index (χ1n) is 7.38. The molecule has 100 valence electrons.